The zero-order valence-corrected chi connectivity index (χ0v) is 11.5. The lowest BCUT2D eigenvalue weighted by Crippen LogP contribution is -2.07. The van der Waals surface area contributed by atoms with Crippen LogP contribution in [-0.2, 0) is 10.9 Å². The van der Waals surface area contributed by atoms with Crippen molar-refractivity contribution in [3.8, 4) is 17.3 Å². The van der Waals surface area contributed by atoms with E-state index in [1.54, 1.807) is 6.92 Å². The van der Waals surface area contributed by atoms with Gasteiger partial charge in [-0.15, -0.1) is 0 Å². The van der Waals surface area contributed by atoms with E-state index < -0.39 is 11.7 Å². The molecule has 0 unspecified atom stereocenters. The molecule has 114 valence electrons. The van der Waals surface area contributed by atoms with Crippen LogP contribution >= 0.6 is 0 Å². The van der Waals surface area contributed by atoms with E-state index in [2.05, 4.69) is 15.2 Å². The molecule has 0 aliphatic heterocycles. The number of hydrogen-bond acceptors (Lipinski definition) is 4. The van der Waals surface area contributed by atoms with Crippen molar-refractivity contribution >= 4 is 12.2 Å². The molecule has 0 saturated carbocycles. The van der Waals surface area contributed by atoms with Crippen LogP contribution in [0.1, 0.15) is 18.1 Å². The zero-order chi connectivity index (χ0) is 16.2. The minimum Gasteiger partial charge on any atom is -0.483 e. The number of aliphatic imine (C=N–C) groups is 1. The molecule has 1 heterocycles. The Morgan fingerprint density at radius 1 is 1.41 bits per heavy atom. The van der Waals surface area contributed by atoms with Crippen LogP contribution in [0.25, 0.3) is 11.3 Å². The predicted octanol–water partition coefficient (Wildman–Crippen LogP) is 3.66. The molecule has 0 saturated heterocycles. The number of rotatable bonds is 4. The highest BCUT2D eigenvalue weighted by atomic mass is 19.4. The summed E-state index contributed by atoms with van der Waals surface area (Å²) in [4.78, 5) is 3.81. The van der Waals surface area contributed by atoms with Crippen molar-refractivity contribution in [1.29, 1.82) is 5.26 Å². The van der Waals surface area contributed by atoms with Crippen molar-refractivity contribution in [1.82, 2.24) is 10.2 Å². The number of hydrogen-bond donors (Lipinski definition) is 1. The van der Waals surface area contributed by atoms with Crippen LogP contribution in [0.4, 0.5) is 19.0 Å². The first-order chi connectivity index (χ1) is 10.5. The van der Waals surface area contributed by atoms with Crippen LogP contribution in [0, 0.1) is 11.3 Å². The third kappa shape index (κ3) is 3.09. The number of H-pyrrole nitrogens is 1. The van der Waals surface area contributed by atoms with Gasteiger partial charge in [0, 0.05) is 5.56 Å². The van der Waals surface area contributed by atoms with Gasteiger partial charge in [-0.1, -0.05) is 18.2 Å². The molecule has 1 aromatic carbocycles. The van der Waals surface area contributed by atoms with Gasteiger partial charge in [-0.3, -0.25) is 5.10 Å². The molecule has 0 aliphatic rings. The fourth-order valence-corrected chi connectivity index (χ4v) is 1.84. The molecule has 1 N–H and O–H groups in total. The second-order valence-corrected chi connectivity index (χ2v) is 4.14. The Morgan fingerprint density at radius 3 is 2.77 bits per heavy atom. The Kier molecular flexibility index (Phi) is 4.46. The van der Waals surface area contributed by atoms with Gasteiger partial charge < -0.3 is 4.74 Å². The van der Waals surface area contributed by atoms with Crippen molar-refractivity contribution in [3.05, 3.63) is 35.4 Å². The van der Waals surface area contributed by atoms with Gasteiger partial charge in [-0.05, 0) is 13.0 Å². The lowest BCUT2D eigenvalue weighted by molar-refractivity contribution is -0.137. The first kappa shape index (κ1) is 15.6. The van der Waals surface area contributed by atoms with Crippen LogP contribution in [0.5, 0.6) is 0 Å². The minimum absolute atomic E-state index is 0.0251. The lowest BCUT2D eigenvalue weighted by Gasteiger charge is -2.11. The molecule has 2 rings (SSSR count). The summed E-state index contributed by atoms with van der Waals surface area (Å²) >= 11 is 0. The quantitative estimate of drug-likeness (QED) is 0.692. The normalized spacial score (nSPS) is 11.6. The lowest BCUT2D eigenvalue weighted by atomic mass is 10.0. The molecule has 22 heavy (non-hydrogen) atoms. The van der Waals surface area contributed by atoms with E-state index in [1.165, 1.54) is 18.2 Å². The monoisotopic (exact) mass is 308 g/mol. The Labute approximate surface area is 124 Å². The van der Waals surface area contributed by atoms with E-state index >= 15 is 0 Å². The number of nitriles is 1. The molecule has 0 aliphatic carbocycles. The van der Waals surface area contributed by atoms with Crippen LogP contribution in [0.15, 0.2) is 29.3 Å². The second-order valence-electron chi connectivity index (χ2n) is 4.14. The van der Waals surface area contributed by atoms with Crippen molar-refractivity contribution in [2.24, 2.45) is 4.99 Å². The van der Waals surface area contributed by atoms with Gasteiger partial charge >= 0.3 is 6.18 Å². The molecular formula is C14H11F3N4O. The third-order valence-electron chi connectivity index (χ3n) is 2.78. The van der Waals surface area contributed by atoms with Gasteiger partial charge in [-0.2, -0.15) is 28.5 Å². The van der Waals surface area contributed by atoms with E-state index in [-0.39, 0.29) is 22.6 Å². The van der Waals surface area contributed by atoms with Crippen molar-refractivity contribution in [3.63, 3.8) is 0 Å². The largest absolute Gasteiger partial charge is 0.483 e. The molecule has 1 aromatic heterocycles. The van der Waals surface area contributed by atoms with Crippen molar-refractivity contribution < 1.29 is 17.9 Å². The number of alkyl halides is 3. The molecule has 2 aromatic rings. The van der Waals surface area contributed by atoms with Crippen molar-refractivity contribution in [2.45, 2.75) is 13.1 Å². The first-order valence-electron chi connectivity index (χ1n) is 6.28. The van der Waals surface area contributed by atoms with Gasteiger partial charge in [-0.25, -0.2) is 0 Å². The summed E-state index contributed by atoms with van der Waals surface area (Å²) in [7, 11) is 0. The molecule has 0 spiro atoms. The van der Waals surface area contributed by atoms with Gasteiger partial charge in [0.25, 0.3) is 0 Å². The average Bonchev–Trinajstić information content (AvgIpc) is 2.89. The zero-order valence-electron chi connectivity index (χ0n) is 11.5. The number of halogens is 3. The summed E-state index contributed by atoms with van der Waals surface area (Å²) in [6, 6.07) is 6.77. The highest BCUT2D eigenvalue weighted by Crippen LogP contribution is 2.38. The number of ether oxygens (including phenoxy) is 1. The topological polar surface area (TPSA) is 74.1 Å². The summed E-state index contributed by atoms with van der Waals surface area (Å²) < 4.78 is 44.1. The molecule has 0 atom stereocenters. The van der Waals surface area contributed by atoms with Crippen LogP contribution in [0.3, 0.4) is 0 Å². The summed E-state index contributed by atoms with van der Waals surface area (Å²) in [6.07, 6.45) is -3.44. The molecule has 0 amide bonds. The Bertz CT molecular complexity index is 728. The molecule has 0 fully saturated rings. The van der Waals surface area contributed by atoms with E-state index in [0.29, 0.717) is 6.61 Å². The first-order valence-corrected chi connectivity index (χ1v) is 6.28. The minimum atomic E-state index is -4.54. The number of benzene rings is 1. The third-order valence-corrected chi connectivity index (χ3v) is 2.78. The maximum atomic E-state index is 13.1. The standard InChI is InChI=1S/C14H11F3N4O/c1-2-22-8-19-13-10(7-18)12(20-21-13)9-5-3-4-6-11(9)14(15,16)17/h3-6,8H,2H2,1H3,(H,20,21). The maximum absolute atomic E-state index is 13.1. The fourth-order valence-electron chi connectivity index (χ4n) is 1.84. The maximum Gasteiger partial charge on any atom is 0.417 e. The highest BCUT2D eigenvalue weighted by molar-refractivity contribution is 5.75. The second kappa shape index (κ2) is 6.30. The van der Waals surface area contributed by atoms with Crippen LogP contribution < -0.4 is 0 Å². The number of nitrogens with one attached hydrogen (secondary N) is 1. The average molecular weight is 308 g/mol. The van der Waals surface area contributed by atoms with E-state index in [4.69, 9.17) is 4.74 Å². The summed E-state index contributed by atoms with van der Waals surface area (Å²) in [6.45, 7) is 2.12. The smallest absolute Gasteiger partial charge is 0.417 e. The fraction of sp³-hybridized carbons (Fsp3) is 0.214. The summed E-state index contributed by atoms with van der Waals surface area (Å²) in [5.74, 6) is -0.0251. The molecule has 8 heteroatoms. The number of aromatic amines is 1. The molecule has 0 bridgehead atoms. The van der Waals surface area contributed by atoms with Crippen LogP contribution in [-0.4, -0.2) is 23.2 Å². The molecule has 5 nitrogen and oxygen atoms in total. The van der Waals surface area contributed by atoms with Gasteiger partial charge in [0.05, 0.1) is 17.9 Å². The SMILES string of the molecule is CCOC=Nc1n[nH]c(-c2ccccc2C(F)(F)F)c1C#N. The Hall–Kier alpha value is -2.82. The van der Waals surface area contributed by atoms with E-state index in [9.17, 15) is 18.4 Å². The summed E-state index contributed by atoms with van der Waals surface area (Å²) in [5, 5.41) is 15.4. The summed E-state index contributed by atoms with van der Waals surface area (Å²) in [5.41, 5.74) is -1.11. The van der Waals surface area contributed by atoms with Gasteiger partial charge in [0.1, 0.15) is 11.6 Å². The van der Waals surface area contributed by atoms with Crippen LogP contribution in [0.2, 0.25) is 0 Å². The highest BCUT2D eigenvalue weighted by Gasteiger charge is 2.34. The number of nitrogens with zero attached hydrogens (tertiary/aromatic N) is 3. The Balaban J connectivity index is 2.54. The van der Waals surface area contributed by atoms with Gasteiger partial charge in [0.15, 0.2) is 12.2 Å². The predicted molar refractivity (Wildman–Crippen MR) is 73.5 cm³/mol. The van der Waals surface area contributed by atoms with E-state index in [1.807, 2.05) is 6.07 Å². The number of aromatic nitrogens is 2. The molecular weight excluding hydrogens is 297 g/mol. The van der Waals surface area contributed by atoms with E-state index in [0.717, 1.165) is 12.5 Å². The Morgan fingerprint density at radius 2 is 2.14 bits per heavy atom. The van der Waals surface area contributed by atoms with Crippen molar-refractivity contribution in [2.75, 3.05) is 6.61 Å². The molecule has 0 radical (unpaired) electrons. The van der Waals surface area contributed by atoms with Gasteiger partial charge in [0.2, 0.25) is 0 Å².